The van der Waals surface area contributed by atoms with E-state index in [4.69, 9.17) is 14.7 Å². The Hall–Kier alpha value is -1.95. The van der Waals surface area contributed by atoms with Crippen molar-refractivity contribution in [3.05, 3.63) is 35.4 Å². The predicted molar refractivity (Wildman–Crippen MR) is 71.9 cm³/mol. The molecule has 1 aromatic rings. The van der Waals surface area contributed by atoms with Crippen molar-refractivity contribution < 1.29 is 9.47 Å². The van der Waals surface area contributed by atoms with Gasteiger partial charge in [-0.1, -0.05) is 11.6 Å². The second kappa shape index (κ2) is 7.39. The zero-order chi connectivity index (χ0) is 13.4. The Morgan fingerprint density at radius 3 is 2.61 bits per heavy atom. The molecule has 1 aromatic carbocycles. The molecule has 0 aromatic heterocycles. The molecule has 0 spiro atoms. The van der Waals surface area contributed by atoms with E-state index >= 15 is 0 Å². The first-order valence-corrected chi connectivity index (χ1v) is 5.97. The van der Waals surface area contributed by atoms with E-state index in [2.05, 4.69) is 6.07 Å². The maximum absolute atomic E-state index is 8.52. The van der Waals surface area contributed by atoms with Crippen molar-refractivity contribution in [2.24, 2.45) is 0 Å². The highest BCUT2D eigenvalue weighted by Gasteiger charge is 2.04. The van der Waals surface area contributed by atoms with Crippen molar-refractivity contribution in [1.29, 1.82) is 5.26 Å². The molecule has 0 atom stereocenters. The van der Waals surface area contributed by atoms with Crippen molar-refractivity contribution in [2.45, 2.75) is 26.2 Å². The normalized spacial score (nSPS) is 10.9. The molecular weight excluding hydrogens is 226 g/mol. The number of nitriles is 1. The molecule has 0 aliphatic carbocycles. The van der Waals surface area contributed by atoms with E-state index in [0.29, 0.717) is 0 Å². The number of ether oxygens (including phenoxy) is 2. The average Bonchev–Trinajstić information content (AvgIpc) is 2.38. The minimum Gasteiger partial charge on any atom is -0.493 e. The maximum Gasteiger partial charge on any atom is 0.160 e. The predicted octanol–water partition coefficient (Wildman–Crippen LogP) is 3.50. The van der Waals surface area contributed by atoms with Crippen molar-refractivity contribution in [3.8, 4) is 17.6 Å². The zero-order valence-electron chi connectivity index (χ0n) is 11.2. The summed E-state index contributed by atoms with van der Waals surface area (Å²) in [5.41, 5.74) is 2.34. The van der Waals surface area contributed by atoms with Gasteiger partial charge in [-0.2, -0.15) is 5.26 Å². The molecule has 0 unspecified atom stereocenters. The number of nitrogens with zero attached hydrogens (tertiary/aromatic N) is 1. The molecule has 0 bridgehead atoms. The van der Waals surface area contributed by atoms with Crippen LogP contribution in [-0.4, -0.2) is 14.2 Å². The second-order valence-electron chi connectivity index (χ2n) is 4.16. The number of hydrogen-bond acceptors (Lipinski definition) is 3. The Balaban J connectivity index is 2.58. The number of methoxy groups -OCH3 is 2. The van der Waals surface area contributed by atoms with Gasteiger partial charge in [0, 0.05) is 6.08 Å². The summed E-state index contributed by atoms with van der Waals surface area (Å²) in [4.78, 5) is 0. The summed E-state index contributed by atoms with van der Waals surface area (Å²) in [5.74, 6) is 1.51. The third-order valence-electron chi connectivity index (χ3n) is 2.80. The van der Waals surface area contributed by atoms with Gasteiger partial charge in [0.1, 0.15) is 0 Å². The third kappa shape index (κ3) is 4.14. The summed E-state index contributed by atoms with van der Waals surface area (Å²) in [6, 6.07) is 8.02. The largest absolute Gasteiger partial charge is 0.493 e. The highest BCUT2D eigenvalue weighted by molar-refractivity contribution is 5.42. The van der Waals surface area contributed by atoms with Gasteiger partial charge < -0.3 is 9.47 Å². The smallest absolute Gasteiger partial charge is 0.160 e. The van der Waals surface area contributed by atoms with E-state index in [1.54, 1.807) is 20.3 Å². The van der Waals surface area contributed by atoms with Crippen LogP contribution in [0, 0.1) is 11.3 Å². The molecule has 18 heavy (non-hydrogen) atoms. The molecule has 0 saturated carbocycles. The Bertz CT molecular complexity index is 458. The Morgan fingerprint density at radius 1 is 1.28 bits per heavy atom. The number of hydrogen-bond donors (Lipinski definition) is 0. The third-order valence-corrected chi connectivity index (χ3v) is 2.80. The Morgan fingerprint density at radius 2 is 2.00 bits per heavy atom. The van der Waals surface area contributed by atoms with Gasteiger partial charge in [0.2, 0.25) is 0 Å². The molecule has 0 N–H and O–H groups in total. The fraction of sp³-hybridized carbons (Fsp3) is 0.400. The van der Waals surface area contributed by atoms with Gasteiger partial charge in [-0.05, 0) is 43.9 Å². The van der Waals surface area contributed by atoms with Crippen molar-refractivity contribution in [1.82, 2.24) is 0 Å². The van der Waals surface area contributed by atoms with E-state index in [-0.39, 0.29) is 0 Å². The molecule has 0 heterocycles. The number of allylic oxidation sites excluding steroid dienone is 2. The average molecular weight is 245 g/mol. The highest BCUT2D eigenvalue weighted by atomic mass is 16.5. The molecule has 0 aliphatic rings. The van der Waals surface area contributed by atoms with Gasteiger partial charge in [0.15, 0.2) is 11.5 Å². The van der Waals surface area contributed by atoms with Crippen LogP contribution >= 0.6 is 0 Å². The topological polar surface area (TPSA) is 42.2 Å². The van der Waals surface area contributed by atoms with Gasteiger partial charge >= 0.3 is 0 Å². The van der Waals surface area contributed by atoms with E-state index in [1.807, 2.05) is 25.1 Å². The lowest BCUT2D eigenvalue weighted by Crippen LogP contribution is -1.93. The molecule has 1 rings (SSSR count). The SMILES string of the molecule is COc1ccc(CCC/C(C)=C\C#N)cc1OC. The standard InChI is InChI=1S/C15H19NO2/c1-12(9-10-16)5-4-6-13-7-8-14(17-2)15(11-13)18-3/h7-9,11H,4-6H2,1-3H3/b12-9-. The van der Waals surface area contributed by atoms with E-state index in [9.17, 15) is 0 Å². The first kappa shape index (κ1) is 14.1. The number of benzene rings is 1. The quantitative estimate of drug-likeness (QED) is 0.720. The maximum atomic E-state index is 8.52. The van der Waals surface area contributed by atoms with Crippen LogP contribution in [0.15, 0.2) is 29.8 Å². The van der Waals surface area contributed by atoms with Crippen molar-refractivity contribution >= 4 is 0 Å². The number of rotatable bonds is 6. The highest BCUT2D eigenvalue weighted by Crippen LogP contribution is 2.28. The first-order valence-electron chi connectivity index (χ1n) is 5.97. The van der Waals surface area contributed by atoms with Gasteiger partial charge in [-0.15, -0.1) is 0 Å². The van der Waals surface area contributed by atoms with Gasteiger partial charge in [-0.3, -0.25) is 0 Å². The summed E-state index contributed by atoms with van der Waals surface area (Å²) in [7, 11) is 3.27. The van der Waals surface area contributed by atoms with Gasteiger partial charge in [-0.25, -0.2) is 0 Å². The van der Waals surface area contributed by atoms with Crippen LogP contribution in [0.4, 0.5) is 0 Å². The Kier molecular flexibility index (Phi) is 5.79. The Labute approximate surface area is 109 Å². The molecule has 0 fully saturated rings. The van der Waals surface area contributed by atoms with Gasteiger partial charge in [0.25, 0.3) is 0 Å². The minimum atomic E-state index is 0.752. The van der Waals surface area contributed by atoms with Crippen LogP contribution in [-0.2, 0) is 6.42 Å². The van der Waals surface area contributed by atoms with Crippen LogP contribution in [0.2, 0.25) is 0 Å². The summed E-state index contributed by atoms with van der Waals surface area (Å²) < 4.78 is 10.5. The summed E-state index contributed by atoms with van der Waals surface area (Å²) in [5, 5.41) is 8.52. The fourth-order valence-electron chi connectivity index (χ4n) is 1.79. The molecule has 0 aliphatic heterocycles. The number of aryl methyl sites for hydroxylation is 1. The van der Waals surface area contributed by atoms with Crippen LogP contribution in [0.1, 0.15) is 25.3 Å². The molecule has 3 nitrogen and oxygen atoms in total. The lowest BCUT2D eigenvalue weighted by molar-refractivity contribution is 0.354. The summed E-state index contributed by atoms with van der Waals surface area (Å²) in [6.45, 7) is 1.98. The molecule has 0 amide bonds. The monoisotopic (exact) mass is 245 g/mol. The van der Waals surface area contributed by atoms with Crippen molar-refractivity contribution in [3.63, 3.8) is 0 Å². The van der Waals surface area contributed by atoms with E-state index in [1.165, 1.54) is 5.56 Å². The second-order valence-corrected chi connectivity index (χ2v) is 4.16. The van der Waals surface area contributed by atoms with E-state index in [0.717, 1.165) is 36.3 Å². The molecule has 96 valence electrons. The minimum absolute atomic E-state index is 0.752. The van der Waals surface area contributed by atoms with Crippen LogP contribution < -0.4 is 9.47 Å². The zero-order valence-corrected chi connectivity index (χ0v) is 11.2. The fourth-order valence-corrected chi connectivity index (χ4v) is 1.79. The lowest BCUT2D eigenvalue weighted by Gasteiger charge is -2.09. The van der Waals surface area contributed by atoms with Crippen LogP contribution in [0.5, 0.6) is 11.5 Å². The summed E-state index contributed by atoms with van der Waals surface area (Å²) >= 11 is 0. The van der Waals surface area contributed by atoms with Gasteiger partial charge in [0.05, 0.1) is 20.3 Å². The lowest BCUT2D eigenvalue weighted by atomic mass is 10.0. The molecule has 0 saturated heterocycles. The van der Waals surface area contributed by atoms with Crippen LogP contribution in [0.3, 0.4) is 0 Å². The van der Waals surface area contributed by atoms with E-state index < -0.39 is 0 Å². The van der Waals surface area contributed by atoms with Crippen molar-refractivity contribution in [2.75, 3.05) is 14.2 Å². The van der Waals surface area contributed by atoms with Crippen LogP contribution in [0.25, 0.3) is 0 Å². The molecule has 3 heteroatoms. The molecule has 0 radical (unpaired) electrons. The summed E-state index contributed by atoms with van der Waals surface area (Å²) in [6.07, 6.45) is 4.55. The molecular formula is C15H19NO2. The first-order chi connectivity index (χ1) is 8.71.